The molecule has 4 N–H and O–H groups in total. The van der Waals surface area contributed by atoms with Gasteiger partial charge in [0, 0.05) is 12.2 Å². The molecule has 7 heteroatoms. The Kier molecular flexibility index (Phi) is 4.29. The molecule has 0 spiro atoms. The molecule has 1 aliphatic heterocycles. The average Bonchev–Trinajstić information content (AvgIpc) is 2.77. The largest absolute Gasteiger partial charge is 0.399 e. The summed E-state index contributed by atoms with van der Waals surface area (Å²) >= 11 is 0. The first-order valence-electron chi connectivity index (χ1n) is 6.39. The lowest BCUT2D eigenvalue weighted by Gasteiger charge is -2.14. The van der Waals surface area contributed by atoms with Crippen molar-refractivity contribution in [3.63, 3.8) is 0 Å². The lowest BCUT2D eigenvalue weighted by Crippen LogP contribution is -2.34. The standard InChI is InChI=1S/C13H18N2O4S/c14-11-3-1-9(2-4-11)12(16)7-15-13(17)10-5-6-20(18,19)8-10/h1-4,10,12,16H,5-8,14H2,(H,15,17). The van der Waals surface area contributed by atoms with Crippen LogP contribution >= 0.6 is 0 Å². The Morgan fingerprint density at radius 2 is 2.05 bits per heavy atom. The third-order valence-corrected chi connectivity index (χ3v) is 5.16. The van der Waals surface area contributed by atoms with Crippen LogP contribution in [0.4, 0.5) is 5.69 Å². The maximum absolute atomic E-state index is 11.8. The van der Waals surface area contributed by atoms with Crippen molar-refractivity contribution in [1.29, 1.82) is 0 Å². The average molecular weight is 298 g/mol. The fraction of sp³-hybridized carbons (Fsp3) is 0.462. The molecule has 2 unspecified atom stereocenters. The number of sulfone groups is 1. The van der Waals surface area contributed by atoms with E-state index in [1.807, 2.05) is 0 Å². The third-order valence-electron chi connectivity index (χ3n) is 3.39. The number of carbonyl (C=O) groups excluding carboxylic acids is 1. The quantitative estimate of drug-likeness (QED) is 0.670. The van der Waals surface area contributed by atoms with Gasteiger partial charge in [-0.25, -0.2) is 8.42 Å². The second-order valence-corrected chi connectivity index (χ2v) is 7.26. The Labute approximate surface area is 117 Å². The highest BCUT2D eigenvalue weighted by atomic mass is 32.2. The summed E-state index contributed by atoms with van der Waals surface area (Å²) in [6, 6.07) is 6.71. The van der Waals surface area contributed by atoms with Gasteiger partial charge in [0.15, 0.2) is 9.84 Å². The van der Waals surface area contributed by atoms with Crippen molar-refractivity contribution in [2.24, 2.45) is 5.92 Å². The van der Waals surface area contributed by atoms with E-state index in [1.165, 1.54) is 0 Å². The van der Waals surface area contributed by atoms with Crippen LogP contribution in [0, 0.1) is 5.92 Å². The molecule has 1 aromatic rings. The van der Waals surface area contributed by atoms with E-state index in [0.717, 1.165) is 0 Å². The summed E-state index contributed by atoms with van der Waals surface area (Å²) in [7, 11) is -3.07. The molecular formula is C13H18N2O4S. The van der Waals surface area contributed by atoms with Crippen LogP contribution in [0.15, 0.2) is 24.3 Å². The normalized spacial score (nSPS) is 22.4. The van der Waals surface area contributed by atoms with Crippen LogP contribution in [-0.2, 0) is 14.6 Å². The van der Waals surface area contributed by atoms with Crippen LogP contribution in [0.1, 0.15) is 18.1 Å². The van der Waals surface area contributed by atoms with Crippen LogP contribution in [-0.4, -0.2) is 37.5 Å². The van der Waals surface area contributed by atoms with Crippen molar-refractivity contribution in [2.45, 2.75) is 12.5 Å². The third kappa shape index (κ3) is 3.71. The van der Waals surface area contributed by atoms with Gasteiger partial charge in [-0.15, -0.1) is 0 Å². The molecule has 2 rings (SSSR count). The molecule has 1 aliphatic rings. The summed E-state index contributed by atoms with van der Waals surface area (Å²) < 4.78 is 22.6. The van der Waals surface area contributed by atoms with E-state index in [1.54, 1.807) is 24.3 Å². The highest BCUT2D eigenvalue weighted by Crippen LogP contribution is 2.19. The van der Waals surface area contributed by atoms with Crippen LogP contribution in [0.2, 0.25) is 0 Å². The van der Waals surface area contributed by atoms with Gasteiger partial charge < -0.3 is 16.2 Å². The second kappa shape index (κ2) is 5.80. The Hall–Kier alpha value is -1.60. The van der Waals surface area contributed by atoms with E-state index in [4.69, 9.17) is 5.73 Å². The minimum Gasteiger partial charge on any atom is -0.399 e. The lowest BCUT2D eigenvalue weighted by atomic mass is 10.1. The van der Waals surface area contributed by atoms with Gasteiger partial charge in [-0.3, -0.25) is 4.79 Å². The van der Waals surface area contributed by atoms with Crippen LogP contribution in [0.25, 0.3) is 0 Å². The number of nitrogens with one attached hydrogen (secondary N) is 1. The maximum Gasteiger partial charge on any atom is 0.224 e. The highest BCUT2D eigenvalue weighted by Gasteiger charge is 2.32. The lowest BCUT2D eigenvalue weighted by molar-refractivity contribution is -0.124. The van der Waals surface area contributed by atoms with Gasteiger partial charge in [0.1, 0.15) is 0 Å². The SMILES string of the molecule is Nc1ccc(C(O)CNC(=O)C2CCS(=O)(=O)C2)cc1. The molecule has 1 aromatic carbocycles. The van der Waals surface area contributed by atoms with Gasteiger partial charge in [-0.1, -0.05) is 12.1 Å². The summed E-state index contributed by atoms with van der Waals surface area (Å²) in [4.78, 5) is 11.8. The zero-order valence-electron chi connectivity index (χ0n) is 11.0. The van der Waals surface area contributed by atoms with Gasteiger partial charge in [0.25, 0.3) is 0 Å². The Bertz CT molecular complexity index is 583. The van der Waals surface area contributed by atoms with E-state index in [-0.39, 0.29) is 24.0 Å². The fourth-order valence-electron chi connectivity index (χ4n) is 2.18. The molecule has 110 valence electrons. The molecule has 1 heterocycles. The summed E-state index contributed by atoms with van der Waals surface area (Å²) in [6.07, 6.45) is -0.482. The number of amides is 1. The highest BCUT2D eigenvalue weighted by molar-refractivity contribution is 7.91. The van der Waals surface area contributed by atoms with Crippen molar-refractivity contribution in [1.82, 2.24) is 5.32 Å². The van der Waals surface area contributed by atoms with Crippen LogP contribution < -0.4 is 11.1 Å². The van der Waals surface area contributed by atoms with Gasteiger partial charge >= 0.3 is 0 Å². The van der Waals surface area contributed by atoms with E-state index in [2.05, 4.69) is 5.32 Å². The molecule has 0 radical (unpaired) electrons. The molecule has 1 saturated heterocycles. The number of aliphatic hydroxyl groups is 1. The zero-order chi connectivity index (χ0) is 14.8. The monoisotopic (exact) mass is 298 g/mol. The second-order valence-electron chi connectivity index (χ2n) is 5.03. The first kappa shape index (κ1) is 14.8. The van der Waals surface area contributed by atoms with Crippen molar-refractivity contribution < 1.29 is 18.3 Å². The number of anilines is 1. The number of aliphatic hydroxyl groups excluding tert-OH is 1. The van der Waals surface area contributed by atoms with Gasteiger partial charge in [0.2, 0.25) is 5.91 Å². The van der Waals surface area contributed by atoms with Crippen molar-refractivity contribution in [3.05, 3.63) is 29.8 Å². The molecule has 0 bridgehead atoms. The molecule has 1 amide bonds. The summed E-state index contributed by atoms with van der Waals surface area (Å²) in [5, 5.41) is 12.5. The number of hydrogen-bond donors (Lipinski definition) is 3. The predicted octanol–water partition coefficient (Wildman–Crippen LogP) is -0.147. The molecule has 0 aliphatic carbocycles. The Balaban J connectivity index is 1.86. The van der Waals surface area contributed by atoms with Crippen molar-refractivity contribution >= 4 is 21.4 Å². The molecular weight excluding hydrogens is 280 g/mol. The number of nitrogens with two attached hydrogens (primary N) is 1. The molecule has 1 fully saturated rings. The van der Waals surface area contributed by atoms with Crippen LogP contribution in [0.3, 0.4) is 0 Å². The number of hydrogen-bond acceptors (Lipinski definition) is 5. The summed E-state index contributed by atoms with van der Waals surface area (Å²) in [6.45, 7) is 0.0549. The molecule has 0 saturated carbocycles. The van der Waals surface area contributed by atoms with E-state index in [0.29, 0.717) is 17.7 Å². The fourth-order valence-corrected chi connectivity index (χ4v) is 3.92. The number of rotatable bonds is 4. The minimum absolute atomic E-state index is 0.0549. The first-order valence-corrected chi connectivity index (χ1v) is 8.21. The smallest absolute Gasteiger partial charge is 0.224 e. The van der Waals surface area contributed by atoms with E-state index < -0.39 is 21.9 Å². The Morgan fingerprint density at radius 1 is 1.40 bits per heavy atom. The van der Waals surface area contributed by atoms with Crippen molar-refractivity contribution in [3.8, 4) is 0 Å². The van der Waals surface area contributed by atoms with Gasteiger partial charge in [-0.05, 0) is 24.1 Å². The number of carbonyl (C=O) groups is 1. The number of nitrogen functional groups attached to an aromatic ring is 1. The molecule has 0 aromatic heterocycles. The predicted molar refractivity (Wildman–Crippen MR) is 75.6 cm³/mol. The van der Waals surface area contributed by atoms with Crippen molar-refractivity contribution in [2.75, 3.05) is 23.8 Å². The maximum atomic E-state index is 11.8. The van der Waals surface area contributed by atoms with Crippen LogP contribution in [0.5, 0.6) is 0 Å². The number of benzene rings is 1. The summed E-state index contributed by atoms with van der Waals surface area (Å²) in [5.74, 6) is -0.859. The molecule has 2 atom stereocenters. The minimum atomic E-state index is -3.07. The molecule has 6 nitrogen and oxygen atoms in total. The van der Waals surface area contributed by atoms with E-state index in [9.17, 15) is 18.3 Å². The topological polar surface area (TPSA) is 109 Å². The first-order chi connectivity index (χ1) is 9.37. The molecule has 20 heavy (non-hydrogen) atoms. The summed E-state index contributed by atoms with van der Waals surface area (Å²) in [5.41, 5.74) is 6.80. The van der Waals surface area contributed by atoms with Gasteiger partial charge in [-0.2, -0.15) is 0 Å². The zero-order valence-corrected chi connectivity index (χ0v) is 11.8. The van der Waals surface area contributed by atoms with E-state index >= 15 is 0 Å². The van der Waals surface area contributed by atoms with Gasteiger partial charge in [0.05, 0.1) is 23.5 Å². The Morgan fingerprint density at radius 3 is 2.60 bits per heavy atom.